The van der Waals surface area contributed by atoms with Gasteiger partial charge in [-0.25, -0.2) is 0 Å². The highest BCUT2D eigenvalue weighted by molar-refractivity contribution is 5.85. The zero-order valence-corrected chi connectivity index (χ0v) is 37.2. The summed E-state index contributed by atoms with van der Waals surface area (Å²) in [6.45, 7) is 2.15. The van der Waals surface area contributed by atoms with E-state index in [2.05, 4.69) is 300 Å². The predicted molar refractivity (Wildman–Crippen MR) is 281 cm³/mol. The van der Waals surface area contributed by atoms with Gasteiger partial charge < -0.3 is 19.6 Å². The summed E-state index contributed by atoms with van der Waals surface area (Å²) >= 11 is 0. The largest absolute Gasteiger partial charge is 0.345 e. The van der Waals surface area contributed by atoms with Crippen molar-refractivity contribution in [2.75, 3.05) is 26.6 Å². The monoisotopic (exact) mass is 850 g/mol. The van der Waals surface area contributed by atoms with Crippen LogP contribution in [-0.2, 0) is 0 Å². The van der Waals surface area contributed by atoms with E-state index in [1.807, 2.05) is 0 Å². The maximum Gasteiger partial charge on any atom is 0.0467 e. The van der Waals surface area contributed by atoms with E-state index >= 15 is 0 Å². The third-order valence-electron chi connectivity index (χ3n) is 12.1. The molecule has 0 saturated carbocycles. The molecule has 0 amide bonds. The Morgan fingerprint density at radius 2 is 0.485 bits per heavy atom. The molecule has 0 unspecified atom stereocenters. The molecule has 0 heterocycles. The van der Waals surface area contributed by atoms with Gasteiger partial charge in [-0.2, -0.15) is 0 Å². The first-order valence-electron chi connectivity index (χ1n) is 22.5. The van der Waals surface area contributed by atoms with Crippen LogP contribution in [0.3, 0.4) is 0 Å². The van der Waals surface area contributed by atoms with Gasteiger partial charge in [-0.05, 0) is 168 Å². The fourth-order valence-electron chi connectivity index (χ4n) is 8.70. The maximum atomic E-state index is 2.35. The Balaban J connectivity index is 0.972. The average molecular weight is 851 g/mol. The van der Waals surface area contributed by atoms with Gasteiger partial charge in [-0.1, -0.05) is 133 Å². The molecule has 0 saturated heterocycles. The van der Waals surface area contributed by atoms with Crippen LogP contribution in [0.25, 0.3) is 22.3 Å². The van der Waals surface area contributed by atoms with Crippen molar-refractivity contribution in [2.45, 2.75) is 6.92 Å². The molecule has 0 bridgehead atoms. The molecule has 4 heteroatoms. The highest BCUT2D eigenvalue weighted by Crippen LogP contribution is 2.42. The number of benzene rings is 10. The molecular formula is C62H50N4. The fraction of sp³-hybridized carbons (Fsp3) is 0.0323. The van der Waals surface area contributed by atoms with Crippen LogP contribution in [0, 0.1) is 6.92 Å². The van der Waals surface area contributed by atoms with Crippen LogP contribution in [0.15, 0.2) is 267 Å². The highest BCUT2D eigenvalue weighted by atomic mass is 15.2. The first-order chi connectivity index (χ1) is 32.6. The minimum atomic E-state index is 1.07. The third kappa shape index (κ3) is 8.94. The van der Waals surface area contributed by atoms with Crippen LogP contribution < -0.4 is 19.6 Å². The fourth-order valence-corrected chi connectivity index (χ4v) is 8.70. The number of anilines is 11. The second-order valence-corrected chi connectivity index (χ2v) is 16.5. The minimum Gasteiger partial charge on any atom is -0.345 e. The molecule has 318 valence electrons. The second kappa shape index (κ2) is 19.0. The molecule has 66 heavy (non-hydrogen) atoms. The maximum absolute atomic E-state index is 2.35. The molecule has 10 aromatic rings. The Hall–Kier alpha value is -8.60. The Bertz CT molecular complexity index is 3080. The van der Waals surface area contributed by atoms with Gasteiger partial charge in [0.2, 0.25) is 0 Å². The van der Waals surface area contributed by atoms with Crippen molar-refractivity contribution in [1.82, 2.24) is 0 Å². The smallest absolute Gasteiger partial charge is 0.0467 e. The summed E-state index contributed by atoms with van der Waals surface area (Å²) in [5, 5.41) is 0. The highest BCUT2D eigenvalue weighted by Gasteiger charge is 2.18. The van der Waals surface area contributed by atoms with Gasteiger partial charge in [0, 0.05) is 69.6 Å². The Morgan fingerprint density at radius 1 is 0.212 bits per heavy atom. The molecule has 0 aromatic heterocycles. The summed E-state index contributed by atoms with van der Waals surface area (Å²) in [5.41, 5.74) is 18.0. The van der Waals surface area contributed by atoms with Crippen LogP contribution in [0.1, 0.15) is 5.56 Å². The summed E-state index contributed by atoms with van der Waals surface area (Å²) in [4.78, 5) is 9.19. The summed E-state index contributed by atoms with van der Waals surface area (Å²) in [7, 11) is 2.11. The Kier molecular flexibility index (Phi) is 11.9. The molecule has 0 radical (unpaired) electrons. The van der Waals surface area contributed by atoms with Gasteiger partial charge in [-0.3, -0.25) is 0 Å². The molecule has 0 spiro atoms. The lowest BCUT2D eigenvalue weighted by Crippen LogP contribution is -2.12. The van der Waals surface area contributed by atoms with Crippen molar-refractivity contribution >= 4 is 62.6 Å². The second-order valence-electron chi connectivity index (χ2n) is 16.5. The van der Waals surface area contributed by atoms with Gasteiger partial charge in [-0.15, -0.1) is 0 Å². The van der Waals surface area contributed by atoms with E-state index in [-0.39, 0.29) is 0 Å². The lowest BCUT2D eigenvalue weighted by atomic mass is 10.0. The van der Waals surface area contributed by atoms with Crippen molar-refractivity contribution < 1.29 is 0 Å². The molecule has 0 aliphatic heterocycles. The van der Waals surface area contributed by atoms with Crippen molar-refractivity contribution in [3.05, 3.63) is 272 Å². The molecule has 10 aromatic carbocycles. The summed E-state index contributed by atoms with van der Waals surface area (Å²) in [5.74, 6) is 0. The van der Waals surface area contributed by atoms with Gasteiger partial charge in [0.15, 0.2) is 0 Å². The summed E-state index contributed by atoms with van der Waals surface area (Å²) < 4.78 is 0. The molecule has 0 aliphatic rings. The first-order valence-corrected chi connectivity index (χ1v) is 22.5. The van der Waals surface area contributed by atoms with Crippen molar-refractivity contribution in [1.29, 1.82) is 0 Å². The Morgan fingerprint density at radius 3 is 0.924 bits per heavy atom. The van der Waals surface area contributed by atoms with Crippen molar-refractivity contribution in [2.24, 2.45) is 0 Å². The van der Waals surface area contributed by atoms with E-state index in [4.69, 9.17) is 0 Å². The van der Waals surface area contributed by atoms with Crippen LogP contribution in [0.4, 0.5) is 62.6 Å². The van der Waals surface area contributed by atoms with Crippen molar-refractivity contribution in [3.63, 3.8) is 0 Å². The molecule has 0 N–H and O–H groups in total. The number of hydrogen-bond donors (Lipinski definition) is 0. The summed E-state index contributed by atoms with van der Waals surface area (Å²) in [6, 6.07) is 95.2. The molecule has 0 atom stereocenters. The lowest BCUT2D eigenvalue weighted by Gasteiger charge is -2.28. The topological polar surface area (TPSA) is 13.0 Å². The number of hydrogen-bond acceptors (Lipinski definition) is 4. The SMILES string of the molecule is Cc1cccc(N(c2ccc(-c3ccc(N(c4ccc(N(c5ccccc5)c5ccccc5)cc4)c4cccc(-c5ccccc5)c4)cc3)cc2)c2ccc(N(C)c3ccccc3)cc2)c1. The molecule has 0 aliphatic carbocycles. The third-order valence-corrected chi connectivity index (χ3v) is 12.1. The normalized spacial score (nSPS) is 10.9. The first kappa shape index (κ1) is 41.4. The molecule has 0 fully saturated rings. The van der Waals surface area contributed by atoms with Gasteiger partial charge in [0.05, 0.1) is 0 Å². The number of nitrogens with zero attached hydrogens (tertiary/aromatic N) is 4. The number of para-hydroxylation sites is 3. The zero-order chi connectivity index (χ0) is 44.7. The molecular weight excluding hydrogens is 801 g/mol. The van der Waals surface area contributed by atoms with Gasteiger partial charge in [0.1, 0.15) is 0 Å². The van der Waals surface area contributed by atoms with Crippen LogP contribution in [0.5, 0.6) is 0 Å². The summed E-state index contributed by atoms with van der Waals surface area (Å²) in [6.07, 6.45) is 0. The Labute approximate surface area is 389 Å². The van der Waals surface area contributed by atoms with Gasteiger partial charge >= 0.3 is 0 Å². The van der Waals surface area contributed by atoms with Crippen LogP contribution in [-0.4, -0.2) is 7.05 Å². The average Bonchev–Trinajstić information content (AvgIpc) is 3.39. The minimum absolute atomic E-state index is 1.07. The van der Waals surface area contributed by atoms with E-state index in [0.717, 1.165) is 73.7 Å². The van der Waals surface area contributed by atoms with E-state index in [0.29, 0.717) is 0 Å². The lowest BCUT2D eigenvalue weighted by molar-refractivity contribution is 1.20. The zero-order valence-electron chi connectivity index (χ0n) is 37.2. The van der Waals surface area contributed by atoms with E-state index in [1.165, 1.54) is 16.7 Å². The molecule has 4 nitrogen and oxygen atoms in total. The van der Waals surface area contributed by atoms with Crippen LogP contribution in [0.2, 0.25) is 0 Å². The van der Waals surface area contributed by atoms with Crippen LogP contribution >= 0.6 is 0 Å². The predicted octanol–water partition coefficient (Wildman–Crippen LogP) is 17.5. The quantitative estimate of drug-likeness (QED) is 0.115. The van der Waals surface area contributed by atoms with E-state index in [1.54, 1.807) is 0 Å². The standard InChI is InChI=1S/C62H50N4/c1-47-17-15-27-61(45-47)65(59-39-37-53(38-40-59)63(2)52-21-9-4-10-22-52)56-33-29-49(30-34-56)50-31-35-57(36-32-50)66(62-28-16-20-51(46-62)48-18-7-3-8-19-48)60-43-41-58(42-44-60)64(54-23-11-5-12-24-54)55-25-13-6-14-26-55/h3-46H,1-2H3. The van der Waals surface area contributed by atoms with E-state index in [9.17, 15) is 0 Å². The van der Waals surface area contributed by atoms with Gasteiger partial charge in [0.25, 0.3) is 0 Å². The van der Waals surface area contributed by atoms with E-state index < -0.39 is 0 Å². The molecule has 10 rings (SSSR count). The van der Waals surface area contributed by atoms with Crippen molar-refractivity contribution in [3.8, 4) is 22.3 Å². The number of rotatable bonds is 13. The number of aryl methyl sites for hydroxylation is 1.